The molecule has 0 aromatic heterocycles. The molecule has 144 valence electrons. The standard InChI is InChI=1S/C20H28O6/c1-14(24-15(2)12-20(5,6)26-23)11-19(3,4)25-18(22)17-9-7-8-16(10-17)13-21/h7-10,14-15H,11-12H2,1-6H3. The Morgan fingerprint density at radius 2 is 1.65 bits per heavy atom. The van der Waals surface area contributed by atoms with Crippen molar-refractivity contribution in [3.8, 4) is 0 Å². The number of ether oxygens (including phenoxy) is 2. The summed E-state index contributed by atoms with van der Waals surface area (Å²) in [7, 11) is 0. The SMILES string of the molecule is CC(CC(C)(C)O[O])OC(C)CC(C)(C)OC(=O)c1cccc([C]=O)c1. The third-order valence-electron chi connectivity index (χ3n) is 3.83. The van der Waals surface area contributed by atoms with Crippen LogP contribution in [0.5, 0.6) is 0 Å². The minimum absolute atomic E-state index is 0.180. The highest BCUT2D eigenvalue weighted by Gasteiger charge is 2.29. The zero-order chi connectivity index (χ0) is 20.0. The van der Waals surface area contributed by atoms with Crippen LogP contribution in [0.2, 0.25) is 0 Å². The first-order valence-electron chi connectivity index (χ1n) is 8.66. The second kappa shape index (κ2) is 9.26. The molecule has 0 saturated carbocycles. The van der Waals surface area contributed by atoms with Crippen molar-refractivity contribution in [2.24, 2.45) is 0 Å². The van der Waals surface area contributed by atoms with Crippen LogP contribution >= 0.6 is 0 Å². The summed E-state index contributed by atoms with van der Waals surface area (Å²) < 4.78 is 11.5. The molecule has 1 aromatic carbocycles. The van der Waals surface area contributed by atoms with Gasteiger partial charge in [-0.3, -0.25) is 4.79 Å². The normalized spacial score (nSPS) is 14.6. The number of benzene rings is 1. The quantitative estimate of drug-likeness (QED) is 0.358. The Morgan fingerprint density at radius 1 is 1.08 bits per heavy atom. The van der Waals surface area contributed by atoms with Gasteiger partial charge in [0.15, 0.2) is 0 Å². The molecule has 1 rings (SSSR count). The van der Waals surface area contributed by atoms with Crippen LogP contribution in [0.4, 0.5) is 0 Å². The van der Waals surface area contributed by atoms with Crippen molar-refractivity contribution < 1.29 is 29.2 Å². The molecule has 26 heavy (non-hydrogen) atoms. The van der Waals surface area contributed by atoms with Gasteiger partial charge in [-0.2, -0.15) is 4.89 Å². The van der Waals surface area contributed by atoms with Gasteiger partial charge in [0.2, 0.25) is 6.29 Å². The van der Waals surface area contributed by atoms with E-state index < -0.39 is 17.2 Å². The maximum absolute atomic E-state index is 12.3. The maximum Gasteiger partial charge on any atom is 0.338 e. The lowest BCUT2D eigenvalue weighted by Crippen LogP contribution is -2.35. The monoisotopic (exact) mass is 364 g/mol. The summed E-state index contributed by atoms with van der Waals surface area (Å²) in [5.41, 5.74) is -0.968. The van der Waals surface area contributed by atoms with Crippen LogP contribution in [0.3, 0.4) is 0 Å². The zero-order valence-corrected chi connectivity index (χ0v) is 16.3. The number of esters is 1. The highest BCUT2D eigenvalue weighted by atomic mass is 17.1. The summed E-state index contributed by atoms with van der Waals surface area (Å²) in [4.78, 5) is 27.2. The Kier molecular flexibility index (Phi) is 7.93. The Hall–Kier alpha value is -1.76. The van der Waals surface area contributed by atoms with Crippen molar-refractivity contribution in [3.05, 3.63) is 35.4 Å². The number of carbonyl (C=O) groups is 1. The first kappa shape index (κ1) is 22.3. The van der Waals surface area contributed by atoms with Gasteiger partial charge in [0.1, 0.15) is 11.2 Å². The topological polar surface area (TPSA) is 81.7 Å². The van der Waals surface area contributed by atoms with Crippen LogP contribution in [0, 0.1) is 0 Å². The summed E-state index contributed by atoms with van der Waals surface area (Å²) in [6.45, 7) is 10.8. The van der Waals surface area contributed by atoms with Crippen LogP contribution in [0.25, 0.3) is 0 Å². The molecule has 0 aliphatic carbocycles. The van der Waals surface area contributed by atoms with Crippen molar-refractivity contribution in [2.45, 2.75) is 77.8 Å². The number of hydrogen-bond acceptors (Lipinski definition) is 5. The van der Waals surface area contributed by atoms with E-state index in [0.717, 1.165) is 0 Å². The molecule has 2 atom stereocenters. The summed E-state index contributed by atoms with van der Waals surface area (Å²) in [5, 5.41) is 10.7. The summed E-state index contributed by atoms with van der Waals surface area (Å²) in [5.74, 6) is -0.506. The first-order chi connectivity index (χ1) is 12.0. The molecule has 6 nitrogen and oxygen atoms in total. The van der Waals surface area contributed by atoms with E-state index in [-0.39, 0.29) is 12.2 Å². The summed E-state index contributed by atoms with van der Waals surface area (Å²) >= 11 is 0. The van der Waals surface area contributed by atoms with Gasteiger partial charge in [-0.25, -0.2) is 4.79 Å². The molecule has 0 bridgehead atoms. The van der Waals surface area contributed by atoms with Gasteiger partial charge in [0.05, 0.1) is 17.8 Å². The van der Waals surface area contributed by atoms with E-state index in [0.29, 0.717) is 24.0 Å². The maximum atomic E-state index is 12.3. The third-order valence-corrected chi connectivity index (χ3v) is 3.83. The lowest BCUT2D eigenvalue weighted by Gasteiger charge is -2.31. The Balaban J connectivity index is 2.61. The Bertz CT molecular complexity index is 608. The van der Waals surface area contributed by atoms with Gasteiger partial charge in [-0.15, -0.1) is 0 Å². The van der Waals surface area contributed by atoms with Gasteiger partial charge >= 0.3 is 5.97 Å². The van der Waals surface area contributed by atoms with Crippen molar-refractivity contribution in [3.63, 3.8) is 0 Å². The number of carbonyl (C=O) groups excluding carboxylic acids is 2. The molecular formula is C20H28O6. The number of rotatable bonds is 10. The molecule has 0 aliphatic heterocycles. The van der Waals surface area contributed by atoms with Crippen molar-refractivity contribution in [2.75, 3.05) is 0 Å². The van der Waals surface area contributed by atoms with Crippen molar-refractivity contribution >= 4 is 12.3 Å². The van der Waals surface area contributed by atoms with E-state index in [1.807, 2.05) is 13.8 Å². The molecule has 0 saturated heterocycles. The van der Waals surface area contributed by atoms with Gasteiger partial charge in [0.25, 0.3) is 0 Å². The minimum Gasteiger partial charge on any atom is -0.456 e. The molecule has 1 aromatic rings. The smallest absolute Gasteiger partial charge is 0.338 e. The fraction of sp³-hybridized carbons (Fsp3) is 0.600. The number of hydrogen-bond donors (Lipinski definition) is 0. The largest absolute Gasteiger partial charge is 0.456 e. The van der Waals surface area contributed by atoms with Crippen LogP contribution in [-0.4, -0.2) is 35.7 Å². The lowest BCUT2D eigenvalue weighted by atomic mass is 9.99. The molecule has 0 spiro atoms. The van der Waals surface area contributed by atoms with Gasteiger partial charge in [-0.1, -0.05) is 12.1 Å². The fourth-order valence-electron chi connectivity index (χ4n) is 2.97. The van der Waals surface area contributed by atoms with Gasteiger partial charge in [-0.05, 0) is 58.9 Å². The van der Waals surface area contributed by atoms with E-state index >= 15 is 0 Å². The molecule has 6 heteroatoms. The predicted molar refractivity (Wildman–Crippen MR) is 95.8 cm³/mol. The van der Waals surface area contributed by atoms with Crippen LogP contribution < -0.4 is 0 Å². The lowest BCUT2D eigenvalue weighted by molar-refractivity contribution is -0.369. The van der Waals surface area contributed by atoms with E-state index in [1.54, 1.807) is 52.2 Å². The third kappa shape index (κ3) is 7.64. The second-order valence-corrected chi connectivity index (χ2v) is 7.84. The van der Waals surface area contributed by atoms with Crippen molar-refractivity contribution in [1.82, 2.24) is 0 Å². The van der Waals surface area contributed by atoms with Gasteiger partial charge in [0, 0.05) is 18.4 Å². The van der Waals surface area contributed by atoms with E-state index in [9.17, 15) is 14.8 Å². The molecule has 0 aliphatic rings. The summed E-state index contributed by atoms with van der Waals surface area (Å²) in [6, 6.07) is 6.21. The second-order valence-electron chi connectivity index (χ2n) is 7.84. The molecule has 2 unspecified atom stereocenters. The molecule has 0 heterocycles. The zero-order valence-electron chi connectivity index (χ0n) is 16.3. The van der Waals surface area contributed by atoms with Gasteiger partial charge < -0.3 is 9.47 Å². The van der Waals surface area contributed by atoms with Crippen LogP contribution in [0.1, 0.15) is 70.3 Å². The average Bonchev–Trinajstić information content (AvgIpc) is 2.52. The molecule has 0 fully saturated rings. The van der Waals surface area contributed by atoms with Crippen molar-refractivity contribution in [1.29, 1.82) is 0 Å². The Labute approximate surface area is 155 Å². The molecule has 0 N–H and O–H groups in total. The minimum atomic E-state index is -0.804. The highest BCUT2D eigenvalue weighted by Crippen LogP contribution is 2.24. The van der Waals surface area contributed by atoms with E-state index in [2.05, 4.69) is 4.89 Å². The average molecular weight is 364 g/mol. The van der Waals surface area contributed by atoms with Crippen LogP contribution in [0.15, 0.2) is 24.3 Å². The predicted octanol–water partition coefficient (Wildman–Crippen LogP) is 3.79. The molecule has 0 amide bonds. The fourth-order valence-corrected chi connectivity index (χ4v) is 2.97. The first-order valence-corrected chi connectivity index (χ1v) is 8.66. The van der Waals surface area contributed by atoms with E-state index in [1.165, 1.54) is 6.07 Å². The molecule has 2 radical (unpaired) electrons. The molecular weight excluding hydrogens is 336 g/mol. The van der Waals surface area contributed by atoms with Crippen LogP contribution in [-0.2, 0) is 24.4 Å². The Morgan fingerprint density at radius 3 is 2.19 bits per heavy atom. The highest BCUT2D eigenvalue weighted by molar-refractivity contribution is 5.91. The summed E-state index contributed by atoms with van der Waals surface area (Å²) in [6.07, 6.45) is 2.31. The van der Waals surface area contributed by atoms with E-state index in [4.69, 9.17) is 9.47 Å².